The number of amides is 1. The summed E-state index contributed by atoms with van der Waals surface area (Å²) in [5.41, 5.74) is 1.75. The van der Waals surface area contributed by atoms with Gasteiger partial charge in [0.1, 0.15) is 5.75 Å². The van der Waals surface area contributed by atoms with Gasteiger partial charge in [-0.3, -0.25) is 4.79 Å². The van der Waals surface area contributed by atoms with Crippen molar-refractivity contribution in [1.29, 1.82) is 0 Å². The molecule has 0 aliphatic carbocycles. The van der Waals surface area contributed by atoms with Gasteiger partial charge in [-0.05, 0) is 36.8 Å². The van der Waals surface area contributed by atoms with Crippen molar-refractivity contribution in [3.63, 3.8) is 0 Å². The predicted octanol–water partition coefficient (Wildman–Crippen LogP) is 3.91. The lowest BCUT2D eigenvalue weighted by Crippen LogP contribution is -2.30. The summed E-state index contributed by atoms with van der Waals surface area (Å²) in [5, 5.41) is 0. The van der Waals surface area contributed by atoms with Gasteiger partial charge in [-0.25, -0.2) is 0 Å². The molecule has 0 bridgehead atoms. The fraction of sp³-hybridized carbons (Fsp3) is 0.211. The predicted molar refractivity (Wildman–Crippen MR) is 89.0 cm³/mol. The molecule has 0 unspecified atom stereocenters. The van der Waals surface area contributed by atoms with Crippen molar-refractivity contribution in [3.05, 3.63) is 78.4 Å². The summed E-state index contributed by atoms with van der Waals surface area (Å²) in [6.07, 6.45) is 1.75. The molecule has 3 nitrogen and oxygen atoms in total. The van der Waals surface area contributed by atoms with Crippen LogP contribution < -0.4 is 4.74 Å². The minimum atomic E-state index is -0.00759. The van der Waals surface area contributed by atoms with Crippen LogP contribution in [-0.4, -0.2) is 24.0 Å². The Morgan fingerprint density at radius 1 is 1.14 bits per heavy atom. The Morgan fingerprint density at radius 3 is 2.41 bits per heavy atom. The monoisotopic (exact) mass is 295 g/mol. The van der Waals surface area contributed by atoms with Gasteiger partial charge in [-0.1, -0.05) is 36.4 Å². The first-order valence-electron chi connectivity index (χ1n) is 7.41. The van der Waals surface area contributed by atoms with E-state index in [0.29, 0.717) is 25.3 Å². The van der Waals surface area contributed by atoms with Crippen molar-refractivity contribution in [3.8, 4) is 5.75 Å². The van der Waals surface area contributed by atoms with Crippen molar-refractivity contribution < 1.29 is 9.53 Å². The molecule has 0 saturated heterocycles. The van der Waals surface area contributed by atoms with Gasteiger partial charge in [0.25, 0.3) is 5.91 Å². The van der Waals surface area contributed by atoms with E-state index in [0.717, 1.165) is 11.3 Å². The Balaban J connectivity index is 2.13. The van der Waals surface area contributed by atoms with E-state index in [2.05, 4.69) is 6.58 Å². The summed E-state index contributed by atoms with van der Waals surface area (Å²) < 4.78 is 5.40. The summed E-state index contributed by atoms with van der Waals surface area (Å²) in [7, 11) is 0. The Bertz CT molecular complexity index is 605. The van der Waals surface area contributed by atoms with Crippen LogP contribution in [0, 0.1) is 0 Å². The van der Waals surface area contributed by atoms with E-state index < -0.39 is 0 Å². The molecule has 2 rings (SSSR count). The van der Waals surface area contributed by atoms with Crippen molar-refractivity contribution >= 4 is 5.91 Å². The average molecular weight is 295 g/mol. The first-order valence-corrected chi connectivity index (χ1v) is 7.41. The van der Waals surface area contributed by atoms with Gasteiger partial charge in [0.2, 0.25) is 0 Å². The van der Waals surface area contributed by atoms with Crippen LogP contribution in [-0.2, 0) is 6.54 Å². The first kappa shape index (κ1) is 15.8. The van der Waals surface area contributed by atoms with E-state index in [9.17, 15) is 4.79 Å². The number of carbonyl (C=O) groups is 1. The van der Waals surface area contributed by atoms with Crippen LogP contribution in [0.3, 0.4) is 0 Å². The van der Waals surface area contributed by atoms with Crippen molar-refractivity contribution in [2.45, 2.75) is 13.5 Å². The van der Waals surface area contributed by atoms with Crippen LogP contribution >= 0.6 is 0 Å². The van der Waals surface area contributed by atoms with E-state index in [4.69, 9.17) is 4.74 Å². The lowest BCUT2D eigenvalue weighted by molar-refractivity contribution is 0.0762. The highest BCUT2D eigenvalue weighted by atomic mass is 16.5. The van der Waals surface area contributed by atoms with Crippen LogP contribution in [0.25, 0.3) is 0 Å². The molecule has 0 radical (unpaired) electrons. The average Bonchev–Trinajstić information content (AvgIpc) is 2.56. The van der Waals surface area contributed by atoms with E-state index in [1.54, 1.807) is 23.1 Å². The maximum Gasteiger partial charge on any atom is 0.254 e. The maximum absolute atomic E-state index is 12.6. The molecule has 1 amide bonds. The van der Waals surface area contributed by atoms with Crippen LogP contribution in [0.4, 0.5) is 0 Å². The summed E-state index contributed by atoms with van der Waals surface area (Å²) in [4.78, 5) is 14.4. The summed E-state index contributed by atoms with van der Waals surface area (Å²) in [6.45, 7) is 7.38. The molecular formula is C19H21NO2. The Hall–Kier alpha value is -2.55. The molecule has 0 aliphatic heterocycles. The second-order valence-corrected chi connectivity index (χ2v) is 4.92. The van der Waals surface area contributed by atoms with E-state index in [1.807, 2.05) is 49.4 Å². The fourth-order valence-electron chi connectivity index (χ4n) is 2.22. The number of ether oxygens (including phenoxy) is 1. The maximum atomic E-state index is 12.6. The summed E-state index contributed by atoms with van der Waals surface area (Å²) in [5.74, 6) is 0.768. The zero-order chi connectivity index (χ0) is 15.8. The zero-order valence-corrected chi connectivity index (χ0v) is 12.9. The number of hydrogen-bond acceptors (Lipinski definition) is 2. The van der Waals surface area contributed by atoms with Gasteiger partial charge in [0.15, 0.2) is 0 Å². The molecule has 0 aliphatic rings. The molecule has 0 fully saturated rings. The first-order chi connectivity index (χ1) is 10.7. The second-order valence-electron chi connectivity index (χ2n) is 4.92. The van der Waals surface area contributed by atoms with Crippen LogP contribution in [0.2, 0.25) is 0 Å². The largest absolute Gasteiger partial charge is 0.494 e. The molecule has 2 aromatic rings. The van der Waals surface area contributed by atoms with Crippen molar-refractivity contribution in [2.75, 3.05) is 13.2 Å². The van der Waals surface area contributed by atoms with Crippen LogP contribution in [0.15, 0.2) is 67.3 Å². The van der Waals surface area contributed by atoms with Gasteiger partial charge in [-0.15, -0.1) is 6.58 Å². The number of nitrogens with zero attached hydrogens (tertiary/aromatic N) is 1. The summed E-state index contributed by atoms with van der Waals surface area (Å²) >= 11 is 0. The van der Waals surface area contributed by atoms with Crippen molar-refractivity contribution in [1.82, 2.24) is 4.90 Å². The molecule has 2 aromatic carbocycles. The third-order valence-corrected chi connectivity index (χ3v) is 3.27. The van der Waals surface area contributed by atoms with Crippen molar-refractivity contribution in [2.24, 2.45) is 0 Å². The smallest absolute Gasteiger partial charge is 0.254 e. The highest BCUT2D eigenvalue weighted by Gasteiger charge is 2.15. The number of rotatable bonds is 7. The van der Waals surface area contributed by atoms with E-state index in [-0.39, 0.29) is 5.91 Å². The van der Waals surface area contributed by atoms with Gasteiger partial charge in [0, 0.05) is 18.7 Å². The number of hydrogen-bond donors (Lipinski definition) is 0. The molecule has 3 heteroatoms. The topological polar surface area (TPSA) is 29.5 Å². The molecule has 0 aromatic heterocycles. The Kier molecular flexibility index (Phi) is 5.78. The molecular weight excluding hydrogens is 274 g/mol. The zero-order valence-electron chi connectivity index (χ0n) is 12.9. The highest BCUT2D eigenvalue weighted by Crippen LogP contribution is 2.15. The number of carbonyl (C=O) groups excluding carboxylic acids is 1. The quantitative estimate of drug-likeness (QED) is 0.725. The normalized spacial score (nSPS) is 10.0. The Morgan fingerprint density at radius 2 is 1.82 bits per heavy atom. The third kappa shape index (κ3) is 4.22. The fourth-order valence-corrected chi connectivity index (χ4v) is 2.22. The molecule has 0 spiro atoms. The van der Waals surface area contributed by atoms with Crippen LogP contribution in [0.5, 0.6) is 5.75 Å². The standard InChI is InChI=1S/C19H21NO2/c1-3-14-20(15-16-8-6-5-7-9-16)19(21)17-10-12-18(13-11-17)22-4-2/h3,5-13H,1,4,14-15H2,2H3. The molecule has 114 valence electrons. The van der Waals surface area contributed by atoms with Gasteiger partial charge < -0.3 is 9.64 Å². The second kappa shape index (κ2) is 8.03. The van der Waals surface area contributed by atoms with Crippen LogP contribution in [0.1, 0.15) is 22.8 Å². The Labute approximate surface area is 131 Å². The van der Waals surface area contributed by atoms with Gasteiger partial charge in [-0.2, -0.15) is 0 Å². The molecule has 22 heavy (non-hydrogen) atoms. The molecule has 0 N–H and O–H groups in total. The highest BCUT2D eigenvalue weighted by molar-refractivity contribution is 5.94. The minimum Gasteiger partial charge on any atom is -0.494 e. The number of benzene rings is 2. The van der Waals surface area contributed by atoms with Gasteiger partial charge >= 0.3 is 0 Å². The molecule has 0 heterocycles. The molecule has 0 atom stereocenters. The SMILES string of the molecule is C=CCN(Cc1ccccc1)C(=O)c1ccc(OCC)cc1. The minimum absolute atomic E-state index is 0.00759. The van der Waals surface area contributed by atoms with Gasteiger partial charge in [0.05, 0.1) is 6.61 Å². The summed E-state index contributed by atoms with van der Waals surface area (Å²) in [6, 6.07) is 17.2. The lowest BCUT2D eigenvalue weighted by Gasteiger charge is -2.21. The molecule has 0 saturated carbocycles. The van der Waals surface area contributed by atoms with E-state index in [1.165, 1.54) is 0 Å². The third-order valence-electron chi connectivity index (χ3n) is 3.27. The van der Waals surface area contributed by atoms with E-state index >= 15 is 0 Å². The lowest BCUT2D eigenvalue weighted by atomic mass is 10.1.